The van der Waals surface area contributed by atoms with Crippen molar-refractivity contribution in [2.24, 2.45) is 0 Å². The Hall–Kier alpha value is -0.450. The van der Waals surface area contributed by atoms with Gasteiger partial charge < -0.3 is 10.1 Å². The van der Waals surface area contributed by atoms with Gasteiger partial charge in [-0.25, -0.2) is 4.98 Å². The van der Waals surface area contributed by atoms with Crippen molar-refractivity contribution in [3.63, 3.8) is 0 Å². The molecule has 1 atom stereocenters. The molecule has 0 aromatic carbocycles. The lowest BCUT2D eigenvalue weighted by atomic mass is 10.2. The highest BCUT2D eigenvalue weighted by molar-refractivity contribution is 7.09. The maximum Gasteiger partial charge on any atom is 0.0797 e. The van der Waals surface area contributed by atoms with Gasteiger partial charge in [-0.3, -0.25) is 0 Å². The monoisotopic (exact) mass is 226 g/mol. The summed E-state index contributed by atoms with van der Waals surface area (Å²) >= 11 is 1.73. The fourth-order valence-electron chi connectivity index (χ4n) is 1.86. The lowest BCUT2D eigenvalue weighted by Crippen LogP contribution is -2.27. The van der Waals surface area contributed by atoms with Crippen LogP contribution in [0.4, 0.5) is 0 Å². The van der Waals surface area contributed by atoms with E-state index in [9.17, 15) is 0 Å². The van der Waals surface area contributed by atoms with Crippen molar-refractivity contribution < 1.29 is 4.74 Å². The van der Waals surface area contributed by atoms with Crippen LogP contribution in [0.3, 0.4) is 0 Å². The molecular weight excluding hydrogens is 208 g/mol. The molecule has 0 spiro atoms. The highest BCUT2D eigenvalue weighted by Gasteiger charge is 2.13. The molecule has 0 saturated carbocycles. The Labute approximate surface area is 94.9 Å². The summed E-state index contributed by atoms with van der Waals surface area (Å²) in [6, 6.07) is 0.590. The standard InChI is InChI=1S/C11H18N2OS/c1-9-11(15-8-13-9)4-6-14-7-10-3-2-5-12-10/h8,10,12H,2-7H2,1H3. The first-order chi connectivity index (χ1) is 7.36. The third-order valence-corrected chi connectivity index (χ3v) is 3.79. The topological polar surface area (TPSA) is 34.1 Å². The lowest BCUT2D eigenvalue weighted by Gasteiger charge is -2.10. The zero-order chi connectivity index (χ0) is 10.5. The summed E-state index contributed by atoms with van der Waals surface area (Å²) in [5, 5.41) is 3.43. The Bertz CT molecular complexity index is 295. The number of thiazole rings is 1. The summed E-state index contributed by atoms with van der Waals surface area (Å²) in [5.41, 5.74) is 3.06. The molecule has 0 bridgehead atoms. The zero-order valence-electron chi connectivity index (χ0n) is 9.16. The third kappa shape index (κ3) is 3.26. The van der Waals surface area contributed by atoms with Gasteiger partial charge in [0.05, 0.1) is 24.4 Å². The van der Waals surface area contributed by atoms with E-state index in [0.717, 1.165) is 31.9 Å². The second-order valence-corrected chi connectivity index (χ2v) is 4.92. The van der Waals surface area contributed by atoms with E-state index in [0.29, 0.717) is 6.04 Å². The van der Waals surface area contributed by atoms with Crippen LogP contribution in [0.1, 0.15) is 23.4 Å². The van der Waals surface area contributed by atoms with Crippen LogP contribution >= 0.6 is 11.3 Å². The second-order valence-electron chi connectivity index (χ2n) is 3.98. The van der Waals surface area contributed by atoms with Gasteiger partial charge >= 0.3 is 0 Å². The van der Waals surface area contributed by atoms with E-state index < -0.39 is 0 Å². The molecule has 1 saturated heterocycles. The predicted octanol–water partition coefficient (Wildman–Crippen LogP) is 1.76. The first-order valence-electron chi connectivity index (χ1n) is 5.56. The number of aromatic nitrogens is 1. The number of hydrogen-bond acceptors (Lipinski definition) is 4. The first kappa shape index (κ1) is 11.0. The molecule has 1 aromatic rings. The minimum atomic E-state index is 0.590. The van der Waals surface area contributed by atoms with Gasteiger partial charge in [0.2, 0.25) is 0 Å². The fourth-order valence-corrected chi connectivity index (χ4v) is 2.62. The first-order valence-corrected chi connectivity index (χ1v) is 6.44. The summed E-state index contributed by atoms with van der Waals surface area (Å²) < 4.78 is 5.66. The smallest absolute Gasteiger partial charge is 0.0797 e. The van der Waals surface area contributed by atoms with Gasteiger partial charge in [-0.2, -0.15) is 0 Å². The van der Waals surface area contributed by atoms with Crippen molar-refractivity contribution in [1.82, 2.24) is 10.3 Å². The van der Waals surface area contributed by atoms with Gasteiger partial charge in [-0.1, -0.05) is 0 Å². The van der Waals surface area contributed by atoms with E-state index in [-0.39, 0.29) is 0 Å². The number of nitrogens with one attached hydrogen (secondary N) is 1. The Morgan fingerprint density at radius 3 is 3.27 bits per heavy atom. The van der Waals surface area contributed by atoms with Gasteiger partial charge in [-0.15, -0.1) is 11.3 Å². The maximum absolute atomic E-state index is 5.66. The minimum absolute atomic E-state index is 0.590. The lowest BCUT2D eigenvalue weighted by molar-refractivity contribution is 0.119. The molecule has 1 fully saturated rings. The molecule has 1 aliphatic heterocycles. The zero-order valence-corrected chi connectivity index (χ0v) is 9.98. The molecule has 84 valence electrons. The average Bonchev–Trinajstić information content (AvgIpc) is 2.85. The second kappa shape index (κ2) is 5.58. The Kier molecular flexibility index (Phi) is 4.11. The van der Waals surface area contributed by atoms with E-state index in [1.54, 1.807) is 11.3 Å². The summed E-state index contributed by atoms with van der Waals surface area (Å²) in [4.78, 5) is 5.58. The largest absolute Gasteiger partial charge is 0.379 e. The van der Waals surface area contributed by atoms with Crippen molar-refractivity contribution >= 4 is 11.3 Å². The van der Waals surface area contributed by atoms with E-state index in [1.807, 2.05) is 5.51 Å². The van der Waals surface area contributed by atoms with Crippen LogP contribution in [-0.4, -0.2) is 30.8 Å². The van der Waals surface area contributed by atoms with Crippen LogP contribution in [0.2, 0.25) is 0 Å². The normalized spacial score (nSPS) is 21.0. The summed E-state index contributed by atoms with van der Waals surface area (Å²) in [7, 11) is 0. The van der Waals surface area contributed by atoms with E-state index in [1.165, 1.54) is 17.7 Å². The molecule has 1 unspecified atom stereocenters. The fraction of sp³-hybridized carbons (Fsp3) is 0.727. The average molecular weight is 226 g/mol. The molecule has 4 heteroatoms. The van der Waals surface area contributed by atoms with Gasteiger partial charge in [0, 0.05) is 17.3 Å². The van der Waals surface area contributed by atoms with Crippen LogP contribution < -0.4 is 5.32 Å². The third-order valence-electron chi connectivity index (χ3n) is 2.80. The van der Waals surface area contributed by atoms with Gasteiger partial charge in [0.1, 0.15) is 0 Å². The highest BCUT2D eigenvalue weighted by atomic mass is 32.1. The van der Waals surface area contributed by atoms with Crippen LogP contribution in [-0.2, 0) is 11.2 Å². The van der Waals surface area contributed by atoms with Crippen LogP contribution in [0, 0.1) is 6.92 Å². The van der Waals surface area contributed by atoms with Crippen molar-refractivity contribution in [1.29, 1.82) is 0 Å². The van der Waals surface area contributed by atoms with Crippen molar-refractivity contribution in [2.75, 3.05) is 19.8 Å². The number of rotatable bonds is 5. The van der Waals surface area contributed by atoms with Crippen molar-refractivity contribution in [3.8, 4) is 0 Å². The van der Waals surface area contributed by atoms with Crippen molar-refractivity contribution in [2.45, 2.75) is 32.2 Å². The van der Waals surface area contributed by atoms with Crippen LogP contribution in [0.5, 0.6) is 0 Å². The molecule has 2 heterocycles. The molecular formula is C11H18N2OS. The minimum Gasteiger partial charge on any atom is -0.379 e. The van der Waals surface area contributed by atoms with Crippen LogP contribution in [0.25, 0.3) is 0 Å². The van der Waals surface area contributed by atoms with Crippen molar-refractivity contribution in [3.05, 3.63) is 16.1 Å². The Balaban J connectivity index is 1.60. The number of aryl methyl sites for hydroxylation is 1. The molecule has 1 aliphatic rings. The molecule has 1 aromatic heterocycles. The number of hydrogen-bond donors (Lipinski definition) is 1. The van der Waals surface area contributed by atoms with Gasteiger partial charge in [0.25, 0.3) is 0 Å². The summed E-state index contributed by atoms with van der Waals surface area (Å²) in [5.74, 6) is 0. The highest BCUT2D eigenvalue weighted by Crippen LogP contribution is 2.13. The maximum atomic E-state index is 5.66. The predicted molar refractivity (Wildman–Crippen MR) is 62.4 cm³/mol. The van der Waals surface area contributed by atoms with E-state index >= 15 is 0 Å². The summed E-state index contributed by atoms with van der Waals surface area (Å²) in [6.45, 7) is 4.89. The number of nitrogens with zero attached hydrogens (tertiary/aromatic N) is 1. The van der Waals surface area contributed by atoms with Gasteiger partial charge in [0.15, 0.2) is 0 Å². The molecule has 15 heavy (non-hydrogen) atoms. The number of ether oxygens (including phenoxy) is 1. The van der Waals surface area contributed by atoms with E-state index in [4.69, 9.17) is 4.74 Å². The van der Waals surface area contributed by atoms with Gasteiger partial charge in [-0.05, 0) is 26.3 Å². The van der Waals surface area contributed by atoms with E-state index in [2.05, 4.69) is 17.2 Å². The molecule has 3 nitrogen and oxygen atoms in total. The molecule has 1 N–H and O–H groups in total. The SMILES string of the molecule is Cc1ncsc1CCOCC1CCCN1. The molecule has 0 aliphatic carbocycles. The van der Waals surface area contributed by atoms with Crippen LogP contribution in [0.15, 0.2) is 5.51 Å². The Morgan fingerprint density at radius 2 is 2.60 bits per heavy atom. The molecule has 2 rings (SSSR count). The summed E-state index contributed by atoms with van der Waals surface area (Å²) in [6.07, 6.45) is 3.56. The quantitative estimate of drug-likeness (QED) is 0.777. The Morgan fingerprint density at radius 1 is 1.67 bits per heavy atom. The molecule has 0 amide bonds. The molecule has 0 radical (unpaired) electrons.